The lowest BCUT2D eigenvalue weighted by atomic mass is 9.85. The van der Waals surface area contributed by atoms with Crippen molar-refractivity contribution in [3.63, 3.8) is 0 Å². The SMILES string of the molecule is Cc1ncsc1-c1ccc(CNC(=O)[C@@H]2C[C@@H](O)CN2C(=O)[C@@H](NC(=O)Cc2ccc(-c3ccc(N4CCC(Cn5cc(-c6cc(-c7ccccc7O)nnc6N)cn5)CC4)cc3)cc2)C(C)(C)C)cc1. The number of benzene rings is 4. The number of nitrogen functional groups attached to an aromatic ring is 1. The van der Waals surface area contributed by atoms with Crippen LogP contribution in [0.5, 0.6) is 5.75 Å². The maximum atomic E-state index is 14.2. The molecule has 7 aromatic rings. The van der Waals surface area contributed by atoms with Crippen LogP contribution in [0.25, 0.3) is 44.0 Å². The number of carbonyl (C=O) groups is 3. The second-order valence-corrected chi connectivity index (χ2v) is 20.6. The number of nitrogens with two attached hydrogens (primary N) is 1. The predicted molar refractivity (Wildman–Crippen MR) is 277 cm³/mol. The Hall–Kier alpha value is -7.43. The van der Waals surface area contributed by atoms with Gasteiger partial charge in [0.1, 0.15) is 17.8 Å². The highest BCUT2D eigenvalue weighted by Crippen LogP contribution is 2.34. The van der Waals surface area contributed by atoms with Crippen molar-refractivity contribution >= 4 is 40.6 Å². The van der Waals surface area contributed by atoms with Gasteiger partial charge in [0.25, 0.3) is 0 Å². The number of para-hydroxylation sites is 1. The summed E-state index contributed by atoms with van der Waals surface area (Å²) in [4.78, 5) is 50.6. The number of aryl methyl sites for hydroxylation is 1. The van der Waals surface area contributed by atoms with Crippen molar-refractivity contribution in [2.24, 2.45) is 11.3 Å². The van der Waals surface area contributed by atoms with E-state index in [2.05, 4.69) is 60.1 Å². The standard InChI is InChI=1S/C55H60N10O5S/c1-34-50(71-33-58-34)40-15-11-36(12-16-40)28-57-53(69)47-26-43(66)32-65(47)54(70)51(55(2,3)4)60-49(68)25-35-9-13-38(14-10-35)39-17-19-42(20-18-39)63-23-21-37(22-24-63)30-64-31-41(29-59-64)45-27-46(61-62-52(45)56)44-7-5-6-8-48(44)67/h5-20,27,29,31,33,37,43,47,51,66-67H,21-26,28,30,32H2,1-4H3,(H2,56,62)(H,57,69)(H,60,68)/t43-,47+,51-/m1/s1. The lowest BCUT2D eigenvalue weighted by Crippen LogP contribution is -2.58. The number of anilines is 2. The molecule has 16 heteroatoms. The van der Waals surface area contributed by atoms with Gasteiger partial charge >= 0.3 is 0 Å². The van der Waals surface area contributed by atoms with Gasteiger partial charge in [-0.1, -0.05) is 93.6 Å². The van der Waals surface area contributed by atoms with Gasteiger partial charge in [-0.2, -0.15) is 5.10 Å². The van der Waals surface area contributed by atoms with Crippen LogP contribution < -0.4 is 21.3 Å². The fraction of sp³-hybridized carbons (Fsp3) is 0.327. The van der Waals surface area contributed by atoms with E-state index in [1.165, 1.54) is 10.6 Å². The number of thiazole rings is 1. The quantitative estimate of drug-likeness (QED) is 0.0716. The normalized spacial score (nSPS) is 16.7. The Labute approximate surface area is 417 Å². The molecule has 5 heterocycles. The molecule has 0 radical (unpaired) electrons. The number of nitrogens with zero attached hydrogens (tertiary/aromatic N) is 7. The van der Waals surface area contributed by atoms with Crippen LogP contribution >= 0.6 is 11.3 Å². The number of amides is 3. The van der Waals surface area contributed by atoms with Crippen molar-refractivity contribution in [3.8, 4) is 49.7 Å². The van der Waals surface area contributed by atoms with Crippen molar-refractivity contribution < 1.29 is 24.6 Å². The largest absolute Gasteiger partial charge is 0.507 e. The average Bonchev–Trinajstić information content (AvgIpc) is 4.13. The fourth-order valence-electron chi connectivity index (χ4n) is 9.55. The van der Waals surface area contributed by atoms with Gasteiger partial charge in [-0.05, 0) is 89.2 Å². The third-order valence-corrected chi connectivity index (χ3v) is 14.6. The molecule has 0 aliphatic carbocycles. The maximum Gasteiger partial charge on any atom is 0.246 e. The molecule has 3 atom stereocenters. The third kappa shape index (κ3) is 11.3. The first-order chi connectivity index (χ1) is 34.2. The summed E-state index contributed by atoms with van der Waals surface area (Å²) in [5.74, 6) is -0.152. The van der Waals surface area contributed by atoms with E-state index < -0.39 is 29.5 Å². The summed E-state index contributed by atoms with van der Waals surface area (Å²) in [7, 11) is 0. The molecular weight excluding hydrogens is 913 g/mol. The number of nitrogens with one attached hydrogen (secondary N) is 2. The first kappa shape index (κ1) is 48.6. The number of hydrogen-bond acceptors (Lipinski definition) is 12. The summed E-state index contributed by atoms with van der Waals surface area (Å²) in [6.45, 7) is 10.6. The molecule has 6 N–H and O–H groups in total. The van der Waals surface area contributed by atoms with Gasteiger partial charge in [0.2, 0.25) is 17.7 Å². The van der Waals surface area contributed by atoms with Crippen LogP contribution in [-0.2, 0) is 33.9 Å². The third-order valence-electron chi connectivity index (χ3n) is 13.6. The molecule has 0 unspecified atom stereocenters. The van der Waals surface area contributed by atoms with Gasteiger partial charge in [-0.15, -0.1) is 21.5 Å². The molecule has 71 heavy (non-hydrogen) atoms. The molecule has 2 aliphatic heterocycles. The molecule has 3 aromatic heterocycles. The molecular formula is C55H60N10O5S. The van der Waals surface area contributed by atoms with E-state index in [1.807, 2.05) is 105 Å². The molecule has 0 bridgehead atoms. The molecule has 3 amide bonds. The minimum Gasteiger partial charge on any atom is -0.507 e. The van der Waals surface area contributed by atoms with E-state index in [1.54, 1.807) is 35.7 Å². The summed E-state index contributed by atoms with van der Waals surface area (Å²) in [6, 6.07) is 31.5. The molecule has 0 saturated carbocycles. The summed E-state index contributed by atoms with van der Waals surface area (Å²) in [5, 5.41) is 40.0. The molecule has 15 nitrogen and oxygen atoms in total. The van der Waals surface area contributed by atoms with Gasteiger partial charge in [0, 0.05) is 67.7 Å². The number of aliphatic hydroxyl groups is 1. The van der Waals surface area contributed by atoms with Crippen LogP contribution in [0.4, 0.5) is 11.5 Å². The number of phenolic OH excluding ortho intramolecular Hbond substituents is 1. The maximum absolute atomic E-state index is 14.2. The topological polar surface area (TPSA) is 205 Å². The molecule has 4 aromatic carbocycles. The number of aromatic nitrogens is 5. The van der Waals surface area contributed by atoms with Crippen molar-refractivity contribution in [2.75, 3.05) is 30.3 Å². The van der Waals surface area contributed by atoms with Crippen molar-refractivity contribution in [2.45, 2.75) is 84.7 Å². The van der Waals surface area contributed by atoms with Crippen molar-refractivity contribution in [1.82, 2.24) is 40.5 Å². The number of β-amino-alcohol motifs (C(OH)–C–C–N with tert-alkyl or cyclic N) is 1. The van der Waals surface area contributed by atoms with Gasteiger partial charge in [0.05, 0.1) is 40.5 Å². The summed E-state index contributed by atoms with van der Waals surface area (Å²) in [6.07, 6.45) is 5.18. The minimum absolute atomic E-state index is 0.00668. The number of piperidine rings is 1. The zero-order valence-corrected chi connectivity index (χ0v) is 41.3. The summed E-state index contributed by atoms with van der Waals surface area (Å²) in [5.41, 5.74) is 17.1. The molecule has 366 valence electrons. The Balaban J connectivity index is 0.751. The average molecular weight is 973 g/mol. The van der Waals surface area contributed by atoms with E-state index in [9.17, 15) is 24.6 Å². The minimum atomic E-state index is -0.921. The number of carbonyl (C=O) groups excluding carboxylic acids is 3. The van der Waals surface area contributed by atoms with Crippen LogP contribution in [0.3, 0.4) is 0 Å². The summed E-state index contributed by atoms with van der Waals surface area (Å²) < 4.78 is 1.97. The Kier molecular flexibility index (Phi) is 14.3. The number of aromatic hydroxyl groups is 1. The summed E-state index contributed by atoms with van der Waals surface area (Å²) >= 11 is 1.58. The number of phenols is 1. The first-order valence-electron chi connectivity index (χ1n) is 24.1. The van der Waals surface area contributed by atoms with Gasteiger partial charge in [-0.25, -0.2) is 4.98 Å². The fourth-order valence-corrected chi connectivity index (χ4v) is 10.4. The molecule has 9 rings (SSSR count). The number of hydrogen-bond donors (Lipinski definition) is 5. The smallest absolute Gasteiger partial charge is 0.246 e. The van der Waals surface area contributed by atoms with E-state index >= 15 is 0 Å². The van der Waals surface area contributed by atoms with Gasteiger partial charge in [-0.3, -0.25) is 19.1 Å². The highest BCUT2D eigenvalue weighted by Gasteiger charge is 2.44. The highest BCUT2D eigenvalue weighted by molar-refractivity contribution is 7.13. The number of likely N-dealkylation sites (tertiary alicyclic amines) is 1. The van der Waals surface area contributed by atoms with Crippen LogP contribution in [0, 0.1) is 18.3 Å². The molecule has 0 spiro atoms. The zero-order chi connectivity index (χ0) is 49.8. The van der Waals surface area contributed by atoms with Crippen molar-refractivity contribution in [1.29, 1.82) is 0 Å². The Morgan fingerprint density at radius 2 is 1.54 bits per heavy atom. The second kappa shape index (κ2) is 20.9. The monoisotopic (exact) mass is 972 g/mol. The number of rotatable bonds is 14. The number of aliphatic hydroxyl groups excluding tert-OH is 1. The first-order valence-corrected chi connectivity index (χ1v) is 25.0. The second-order valence-electron chi connectivity index (χ2n) is 19.8. The van der Waals surface area contributed by atoms with Crippen LogP contribution in [0.1, 0.15) is 56.9 Å². The van der Waals surface area contributed by atoms with E-state index in [0.717, 1.165) is 82.0 Å². The van der Waals surface area contributed by atoms with Gasteiger partial charge in [0.15, 0.2) is 5.82 Å². The van der Waals surface area contributed by atoms with Crippen LogP contribution in [0.15, 0.2) is 121 Å². The highest BCUT2D eigenvalue weighted by atomic mass is 32.1. The Morgan fingerprint density at radius 3 is 2.21 bits per heavy atom. The van der Waals surface area contributed by atoms with Crippen molar-refractivity contribution in [3.05, 3.63) is 138 Å². The van der Waals surface area contributed by atoms with E-state index in [0.29, 0.717) is 23.0 Å². The predicted octanol–water partition coefficient (Wildman–Crippen LogP) is 7.66. The molecule has 2 saturated heterocycles. The van der Waals surface area contributed by atoms with E-state index in [-0.39, 0.29) is 43.5 Å². The lowest BCUT2D eigenvalue weighted by Gasteiger charge is -2.35. The Morgan fingerprint density at radius 1 is 0.859 bits per heavy atom. The zero-order valence-electron chi connectivity index (χ0n) is 40.5. The Bertz CT molecular complexity index is 2990. The van der Waals surface area contributed by atoms with Gasteiger partial charge < -0.3 is 36.4 Å². The lowest BCUT2D eigenvalue weighted by molar-refractivity contribution is -0.144. The van der Waals surface area contributed by atoms with Crippen LogP contribution in [-0.4, -0.2) is 95.6 Å². The molecule has 2 fully saturated rings. The molecule has 2 aliphatic rings. The van der Waals surface area contributed by atoms with E-state index in [4.69, 9.17) is 5.73 Å². The van der Waals surface area contributed by atoms with Crippen LogP contribution in [0.2, 0.25) is 0 Å².